The summed E-state index contributed by atoms with van der Waals surface area (Å²) in [5.74, 6) is -0.115. The van der Waals surface area contributed by atoms with E-state index in [4.69, 9.17) is 9.26 Å². The molecule has 0 spiro atoms. The fraction of sp³-hybridized carbons (Fsp3) is 0.269. The summed E-state index contributed by atoms with van der Waals surface area (Å²) in [5.41, 5.74) is 4.06. The first-order chi connectivity index (χ1) is 17.1. The topological polar surface area (TPSA) is 112 Å². The second kappa shape index (κ2) is 11.2. The fourth-order valence-corrected chi connectivity index (χ4v) is 3.69. The van der Waals surface area contributed by atoms with Crippen molar-refractivity contribution in [2.45, 2.75) is 39.8 Å². The summed E-state index contributed by atoms with van der Waals surface area (Å²) < 4.78 is 11.9. The standard InChI is InChI=1S/C26H27N5O4/c1-3-5-14-31-24(30-26(33)35-31)21-9-7-6-8-20(21)19-12-10-18(11-13-19)15-28-23-22(16-27-17-29-23)25(32)34-4-2/h6-13,16-17H,3-5,14-15H2,1-2H3,(H,27,28,29). The number of hydrogen-bond acceptors (Lipinski definition) is 8. The molecule has 0 bridgehead atoms. The molecule has 0 saturated carbocycles. The zero-order chi connectivity index (χ0) is 24.6. The van der Waals surface area contributed by atoms with E-state index in [0.717, 1.165) is 35.1 Å². The lowest BCUT2D eigenvalue weighted by Gasteiger charge is -2.12. The number of esters is 1. The van der Waals surface area contributed by atoms with Gasteiger partial charge in [-0.25, -0.2) is 19.6 Å². The van der Waals surface area contributed by atoms with Crippen LogP contribution < -0.4 is 11.1 Å². The second-order valence-electron chi connectivity index (χ2n) is 7.85. The van der Waals surface area contributed by atoms with Crippen molar-refractivity contribution < 1.29 is 14.1 Å². The first-order valence-electron chi connectivity index (χ1n) is 11.6. The number of benzene rings is 2. The van der Waals surface area contributed by atoms with Gasteiger partial charge in [-0.1, -0.05) is 61.9 Å². The van der Waals surface area contributed by atoms with E-state index in [9.17, 15) is 9.59 Å². The molecule has 0 amide bonds. The molecule has 4 rings (SSSR count). The number of nitrogens with zero attached hydrogens (tertiary/aromatic N) is 4. The lowest BCUT2D eigenvalue weighted by Crippen LogP contribution is -2.11. The third-order valence-electron chi connectivity index (χ3n) is 5.44. The Labute approximate surface area is 202 Å². The summed E-state index contributed by atoms with van der Waals surface area (Å²) in [5, 5.41) is 3.18. The van der Waals surface area contributed by atoms with Gasteiger partial charge in [0.25, 0.3) is 0 Å². The van der Waals surface area contributed by atoms with Gasteiger partial charge in [0.2, 0.25) is 0 Å². The lowest BCUT2D eigenvalue weighted by molar-refractivity contribution is 0.0526. The maximum Gasteiger partial charge on any atom is 0.460 e. The largest absolute Gasteiger partial charge is 0.462 e. The maximum absolute atomic E-state index is 12.1. The maximum atomic E-state index is 12.1. The van der Waals surface area contributed by atoms with E-state index in [1.807, 2.05) is 48.5 Å². The highest BCUT2D eigenvalue weighted by Crippen LogP contribution is 2.31. The van der Waals surface area contributed by atoms with Crippen molar-refractivity contribution in [2.75, 3.05) is 11.9 Å². The molecule has 0 radical (unpaired) electrons. The van der Waals surface area contributed by atoms with Gasteiger partial charge in [0, 0.05) is 18.3 Å². The Hall–Kier alpha value is -4.27. The zero-order valence-corrected chi connectivity index (χ0v) is 19.7. The van der Waals surface area contributed by atoms with Crippen LogP contribution >= 0.6 is 0 Å². The molecule has 9 heteroatoms. The molecule has 2 aromatic carbocycles. The fourth-order valence-electron chi connectivity index (χ4n) is 3.69. The Morgan fingerprint density at radius 2 is 1.86 bits per heavy atom. The molecule has 0 saturated heterocycles. The molecule has 180 valence electrons. The Morgan fingerprint density at radius 1 is 1.09 bits per heavy atom. The van der Waals surface area contributed by atoms with Crippen LogP contribution in [0, 0.1) is 0 Å². The smallest absolute Gasteiger partial charge is 0.460 e. The number of unbranched alkanes of at least 4 members (excludes halogenated alkanes) is 1. The molecule has 2 aromatic heterocycles. The average Bonchev–Trinajstić information content (AvgIpc) is 3.27. The third-order valence-corrected chi connectivity index (χ3v) is 5.44. The van der Waals surface area contributed by atoms with E-state index in [-0.39, 0.29) is 6.61 Å². The number of nitrogens with one attached hydrogen (secondary N) is 1. The van der Waals surface area contributed by atoms with E-state index in [0.29, 0.717) is 30.3 Å². The molecule has 9 nitrogen and oxygen atoms in total. The van der Waals surface area contributed by atoms with Crippen LogP contribution in [0.2, 0.25) is 0 Å². The summed E-state index contributed by atoms with van der Waals surface area (Å²) >= 11 is 0. The number of carbonyl (C=O) groups is 1. The van der Waals surface area contributed by atoms with Crippen LogP contribution in [0.5, 0.6) is 0 Å². The van der Waals surface area contributed by atoms with Crippen molar-refractivity contribution in [3.63, 3.8) is 0 Å². The molecule has 0 aliphatic rings. The molecule has 0 unspecified atom stereocenters. The number of rotatable bonds is 10. The van der Waals surface area contributed by atoms with Gasteiger partial charge in [-0.2, -0.15) is 9.72 Å². The molecule has 35 heavy (non-hydrogen) atoms. The van der Waals surface area contributed by atoms with E-state index < -0.39 is 11.7 Å². The number of hydrogen-bond donors (Lipinski definition) is 1. The van der Waals surface area contributed by atoms with Crippen LogP contribution in [0.1, 0.15) is 42.6 Å². The third kappa shape index (κ3) is 5.63. The van der Waals surface area contributed by atoms with Crippen LogP contribution in [0.3, 0.4) is 0 Å². The molecule has 0 fully saturated rings. The highest BCUT2D eigenvalue weighted by molar-refractivity contribution is 5.94. The van der Waals surface area contributed by atoms with Gasteiger partial charge in [0.1, 0.15) is 17.7 Å². The van der Waals surface area contributed by atoms with Gasteiger partial charge in [0.05, 0.1) is 13.2 Å². The Kier molecular flexibility index (Phi) is 7.67. The number of ether oxygens (including phenoxy) is 1. The van der Waals surface area contributed by atoms with Crippen molar-refractivity contribution in [1.29, 1.82) is 0 Å². The molecule has 0 aliphatic carbocycles. The van der Waals surface area contributed by atoms with Crippen molar-refractivity contribution in [2.24, 2.45) is 0 Å². The molecular weight excluding hydrogens is 446 g/mol. The van der Waals surface area contributed by atoms with Gasteiger partial charge in [-0.3, -0.25) is 0 Å². The summed E-state index contributed by atoms with van der Waals surface area (Å²) in [7, 11) is 0. The predicted octanol–water partition coefficient (Wildman–Crippen LogP) is 4.55. The first-order valence-corrected chi connectivity index (χ1v) is 11.6. The van der Waals surface area contributed by atoms with Gasteiger partial charge in [-0.15, -0.1) is 0 Å². The average molecular weight is 474 g/mol. The van der Waals surface area contributed by atoms with E-state index in [2.05, 4.69) is 27.2 Å². The Morgan fingerprint density at radius 3 is 2.60 bits per heavy atom. The minimum absolute atomic E-state index is 0.277. The number of carbonyl (C=O) groups excluding carboxylic acids is 1. The molecule has 4 aromatic rings. The molecule has 2 heterocycles. The zero-order valence-electron chi connectivity index (χ0n) is 19.7. The predicted molar refractivity (Wildman–Crippen MR) is 132 cm³/mol. The van der Waals surface area contributed by atoms with Crippen LogP contribution in [0.25, 0.3) is 22.5 Å². The van der Waals surface area contributed by atoms with Crippen molar-refractivity contribution in [1.82, 2.24) is 19.7 Å². The Bertz CT molecular complexity index is 1340. The molecule has 0 aliphatic heterocycles. The van der Waals surface area contributed by atoms with Gasteiger partial charge >= 0.3 is 11.7 Å². The quantitative estimate of drug-likeness (QED) is 0.334. The first kappa shape index (κ1) is 23.9. The van der Waals surface area contributed by atoms with Gasteiger partial charge < -0.3 is 14.6 Å². The number of anilines is 1. The van der Waals surface area contributed by atoms with E-state index >= 15 is 0 Å². The van der Waals surface area contributed by atoms with E-state index in [1.165, 1.54) is 12.5 Å². The van der Waals surface area contributed by atoms with Crippen LogP contribution in [0.4, 0.5) is 5.82 Å². The van der Waals surface area contributed by atoms with Gasteiger partial charge in [0.15, 0.2) is 5.82 Å². The van der Waals surface area contributed by atoms with E-state index in [1.54, 1.807) is 11.7 Å². The van der Waals surface area contributed by atoms with Crippen LogP contribution in [-0.2, 0) is 17.8 Å². The van der Waals surface area contributed by atoms with Crippen LogP contribution in [0.15, 0.2) is 70.4 Å². The van der Waals surface area contributed by atoms with Crippen molar-refractivity contribution in [3.8, 4) is 22.5 Å². The summed E-state index contributed by atoms with van der Waals surface area (Å²) in [6.45, 7) is 5.17. The second-order valence-corrected chi connectivity index (χ2v) is 7.85. The minimum atomic E-state index is -0.598. The normalized spacial score (nSPS) is 10.8. The van der Waals surface area contributed by atoms with Gasteiger partial charge in [-0.05, 0) is 30.0 Å². The Balaban J connectivity index is 1.55. The molecule has 0 atom stereocenters. The highest BCUT2D eigenvalue weighted by Gasteiger charge is 2.16. The number of aryl methyl sites for hydroxylation is 1. The molecular formula is C26H27N5O4. The van der Waals surface area contributed by atoms with Crippen LogP contribution in [-0.4, -0.2) is 32.3 Å². The highest BCUT2D eigenvalue weighted by atomic mass is 16.5. The van der Waals surface area contributed by atoms with Crippen molar-refractivity contribution >= 4 is 11.8 Å². The number of aromatic nitrogens is 4. The molecule has 1 N–H and O–H groups in total. The lowest BCUT2D eigenvalue weighted by atomic mass is 9.98. The summed E-state index contributed by atoms with van der Waals surface area (Å²) in [4.78, 5) is 36.2. The summed E-state index contributed by atoms with van der Waals surface area (Å²) in [6.07, 6.45) is 4.70. The summed E-state index contributed by atoms with van der Waals surface area (Å²) in [6, 6.07) is 15.8. The monoisotopic (exact) mass is 473 g/mol. The van der Waals surface area contributed by atoms with Crippen molar-refractivity contribution in [3.05, 3.63) is 82.7 Å². The minimum Gasteiger partial charge on any atom is -0.462 e. The SMILES string of the molecule is CCCCn1oc(=O)nc1-c1ccccc1-c1ccc(CNc2ncncc2C(=O)OCC)cc1.